The van der Waals surface area contributed by atoms with Gasteiger partial charge in [-0.1, -0.05) is 0 Å². The second-order valence-corrected chi connectivity index (χ2v) is 7.30. The van der Waals surface area contributed by atoms with Crippen LogP contribution in [-0.2, 0) is 31.9 Å². The summed E-state index contributed by atoms with van der Waals surface area (Å²) in [5.74, 6) is 0. The summed E-state index contributed by atoms with van der Waals surface area (Å²) >= 11 is 7.98. The van der Waals surface area contributed by atoms with Gasteiger partial charge in [-0.15, -0.1) is 0 Å². The maximum atomic E-state index is 3.53. The van der Waals surface area contributed by atoms with Crippen molar-refractivity contribution in [3.63, 3.8) is 0 Å². The third kappa shape index (κ3) is 22.6. The molecule has 0 saturated heterocycles. The van der Waals surface area contributed by atoms with Gasteiger partial charge in [0.05, 0.1) is 0 Å². The van der Waals surface area contributed by atoms with E-state index < -0.39 is 0 Å². The van der Waals surface area contributed by atoms with Gasteiger partial charge in [-0.2, -0.15) is 0 Å². The second-order valence-electron chi connectivity index (χ2n) is 1.00. The van der Waals surface area contributed by atoms with Crippen LogP contribution in [0.25, 0.3) is 0 Å². The van der Waals surface area contributed by atoms with Crippen LogP contribution >= 0.6 is 26.9 Å². The summed E-state index contributed by atoms with van der Waals surface area (Å²) in [7, 11) is 0. The Bertz CT molecular complexity index is 66.1. The van der Waals surface area contributed by atoms with Crippen LogP contribution in [0, 0.1) is 0 Å². The van der Waals surface area contributed by atoms with Crippen LogP contribution in [0.5, 0.6) is 0 Å². The zero-order valence-corrected chi connectivity index (χ0v) is 11.7. The Balaban J connectivity index is 0. The third-order valence-electron chi connectivity index (χ3n) is 0.280. The fraction of sp³-hybridized carbons (Fsp3) is 0.333. The zero-order chi connectivity index (χ0) is 8.24. The number of hydrogen-bond acceptors (Lipinski definition) is 0. The Labute approximate surface area is 92.7 Å². The van der Waals surface area contributed by atoms with Crippen molar-refractivity contribution < 1.29 is 31.9 Å². The topological polar surface area (TPSA) is 0 Å². The SMILES string of the molecule is C=C[CH2][Pd][Br].C=C[CH2][Pd][Br]. The third-order valence-corrected chi connectivity index (χ3v) is 4.08. The van der Waals surface area contributed by atoms with Gasteiger partial charge in [-0.3, -0.25) is 0 Å². The van der Waals surface area contributed by atoms with Crippen LogP contribution in [0.3, 0.4) is 0 Å². The minimum absolute atomic E-state index is 0.703. The maximum absolute atomic E-state index is 3.53. The van der Waals surface area contributed by atoms with Gasteiger partial charge in [0, 0.05) is 0 Å². The van der Waals surface area contributed by atoms with Crippen molar-refractivity contribution in [3.8, 4) is 0 Å². The van der Waals surface area contributed by atoms with E-state index in [9.17, 15) is 0 Å². The average molecular weight is 455 g/mol. The molecule has 0 aromatic rings. The summed E-state index contributed by atoms with van der Waals surface area (Å²) in [5.41, 5.74) is 0. The van der Waals surface area contributed by atoms with Crippen LogP contribution in [0.2, 0.25) is 9.79 Å². The first-order valence-corrected chi connectivity index (χ1v) is 11.6. The van der Waals surface area contributed by atoms with E-state index >= 15 is 0 Å². The summed E-state index contributed by atoms with van der Waals surface area (Å²) in [6, 6.07) is 0. The zero-order valence-electron chi connectivity index (χ0n) is 5.37. The molecule has 0 fully saturated rings. The number of rotatable bonds is 4. The molecule has 0 aromatic carbocycles. The molecule has 0 atom stereocenters. The van der Waals surface area contributed by atoms with Gasteiger partial charge in [0.15, 0.2) is 0 Å². The second kappa shape index (κ2) is 17.0. The van der Waals surface area contributed by atoms with Crippen LogP contribution in [-0.4, -0.2) is 0 Å². The monoisotopic (exact) mass is 452 g/mol. The molecule has 0 rings (SSSR count). The van der Waals surface area contributed by atoms with Crippen molar-refractivity contribution in [1.29, 1.82) is 0 Å². The predicted octanol–water partition coefficient (Wildman–Crippen LogP) is 3.97. The Morgan fingerprint density at radius 2 is 1.30 bits per heavy atom. The van der Waals surface area contributed by atoms with Gasteiger partial charge in [0.25, 0.3) is 0 Å². The van der Waals surface area contributed by atoms with E-state index in [1.165, 1.54) is 0 Å². The fourth-order valence-electron chi connectivity index (χ4n) is 0.0690. The first-order chi connectivity index (χ1) is 4.83. The Hall–Kier alpha value is 1.76. The molecule has 0 aliphatic rings. The van der Waals surface area contributed by atoms with Gasteiger partial charge in [-0.05, 0) is 0 Å². The molecule has 0 unspecified atom stereocenters. The first kappa shape index (κ1) is 14.3. The van der Waals surface area contributed by atoms with Gasteiger partial charge in [0.2, 0.25) is 0 Å². The van der Waals surface area contributed by atoms with Gasteiger partial charge < -0.3 is 0 Å². The summed E-state index contributed by atoms with van der Waals surface area (Å²) in [5, 5.41) is 0. The molecule has 0 aliphatic heterocycles. The van der Waals surface area contributed by atoms with E-state index in [-0.39, 0.29) is 0 Å². The molecule has 68 valence electrons. The molecule has 0 aliphatic carbocycles. The van der Waals surface area contributed by atoms with Crippen LogP contribution < -0.4 is 0 Å². The van der Waals surface area contributed by atoms with Crippen molar-refractivity contribution in [2.75, 3.05) is 0 Å². The first-order valence-electron chi connectivity index (χ1n) is 2.32. The fourth-order valence-corrected chi connectivity index (χ4v) is 2.12. The molecule has 0 saturated carbocycles. The number of halogens is 2. The van der Waals surface area contributed by atoms with Crippen molar-refractivity contribution in [3.05, 3.63) is 25.3 Å². The van der Waals surface area contributed by atoms with E-state index in [1.807, 2.05) is 12.2 Å². The van der Waals surface area contributed by atoms with Gasteiger partial charge in [-0.25, -0.2) is 0 Å². The average Bonchev–Trinajstić information content (AvgIpc) is 1.93. The van der Waals surface area contributed by atoms with Crippen molar-refractivity contribution in [1.82, 2.24) is 0 Å². The molecule has 4 heteroatoms. The summed E-state index contributed by atoms with van der Waals surface area (Å²) in [6.07, 6.45) is 3.81. The van der Waals surface area contributed by atoms with Crippen LogP contribution in [0.15, 0.2) is 25.3 Å². The predicted molar refractivity (Wildman–Crippen MR) is 47.9 cm³/mol. The summed E-state index contributed by atoms with van der Waals surface area (Å²) in [6.45, 7) is 7.07. The quantitative estimate of drug-likeness (QED) is 0.445. The van der Waals surface area contributed by atoms with Crippen molar-refractivity contribution in [2.45, 2.75) is 9.79 Å². The van der Waals surface area contributed by atoms with Crippen molar-refractivity contribution in [2.24, 2.45) is 0 Å². The Morgan fingerprint density at radius 3 is 1.30 bits per heavy atom. The molecular weight excluding hydrogens is 445 g/mol. The molecule has 0 radical (unpaired) electrons. The Kier molecular flexibility index (Phi) is 24.3. The van der Waals surface area contributed by atoms with Gasteiger partial charge >= 0.3 is 93.9 Å². The van der Waals surface area contributed by atoms with E-state index in [2.05, 4.69) is 40.0 Å². The standard InChI is InChI=1S/2C3H5.2BrH.2Pd/c2*1-3-2;;;;/h2*3H,1-2H2;2*1H;;/q;;;;2*+1/p-2. The molecule has 0 bridgehead atoms. The molecule has 0 aromatic heterocycles. The molecule has 10 heavy (non-hydrogen) atoms. The summed E-state index contributed by atoms with van der Waals surface area (Å²) < 4.78 is 0. The Morgan fingerprint density at radius 1 is 1.00 bits per heavy atom. The normalized spacial score (nSPS) is 8.20. The summed E-state index contributed by atoms with van der Waals surface area (Å²) in [4.78, 5) is 2.24. The van der Waals surface area contributed by atoms with E-state index in [4.69, 9.17) is 0 Å². The van der Waals surface area contributed by atoms with Crippen LogP contribution in [0.1, 0.15) is 0 Å². The number of hydrogen-bond donors (Lipinski definition) is 0. The molecule has 0 nitrogen and oxygen atoms in total. The molecule has 0 spiro atoms. The van der Waals surface area contributed by atoms with E-state index in [1.54, 1.807) is 0 Å². The molecule has 0 heterocycles. The number of allylic oxidation sites excluding steroid dienone is 2. The van der Waals surface area contributed by atoms with E-state index in [0.29, 0.717) is 31.9 Å². The van der Waals surface area contributed by atoms with E-state index in [0.717, 1.165) is 9.79 Å². The molecular formula is C6H10Br2Pd2. The molecule has 0 amide bonds. The molecule has 0 N–H and O–H groups in total. The minimum atomic E-state index is 0.703. The van der Waals surface area contributed by atoms with Crippen molar-refractivity contribution >= 4 is 26.9 Å². The van der Waals surface area contributed by atoms with Crippen LogP contribution in [0.4, 0.5) is 0 Å². The van der Waals surface area contributed by atoms with Gasteiger partial charge in [0.1, 0.15) is 0 Å².